The maximum atomic E-state index is 11.5. The maximum Gasteiger partial charge on any atom is 1.00 e. The summed E-state index contributed by atoms with van der Waals surface area (Å²) in [6.45, 7) is 19.7. The Bertz CT molecular complexity index is 5060. The normalized spacial score (nSPS) is 30.9. The summed E-state index contributed by atoms with van der Waals surface area (Å²) in [6.07, 6.45) is 13.0. The summed E-state index contributed by atoms with van der Waals surface area (Å²) >= 11 is 5.82. The summed E-state index contributed by atoms with van der Waals surface area (Å²) < 4.78 is 146. The fourth-order valence-corrected chi connectivity index (χ4v) is 16.5. The second kappa shape index (κ2) is 42.3. The molecule has 0 saturated carbocycles. The topological polar surface area (TPSA) is 529 Å². The van der Waals surface area contributed by atoms with Crippen molar-refractivity contribution in [2.75, 3.05) is 139 Å². The van der Waals surface area contributed by atoms with Gasteiger partial charge in [-0.25, -0.2) is 68.2 Å². The van der Waals surface area contributed by atoms with E-state index in [1.165, 1.54) is 29.9 Å². The van der Waals surface area contributed by atoms with Crippen LogP contribution in [0.4, 0.5) is 23.3 Å². The summed E-state index contributed by atoms with van der Waals surface area (Å²) in [5.41, 5.74) is 4.93. The molecule has 4 unspecified atom stereocenters. The Morgan fingerprint density at radius 3 is 1.04 bits per heavy atom. The molecule has 19 rings (SSSR count). The summed E-state index contributed by atoms with van der Waals surface area (Å²) in [5, 5.41) is 52.4. The Morgan fingerprint density at radius 1 is 0.472 bits per heavy atom. The molecule has 0 aliphatic carbocycles. The number of methoxy groups -OCH3 is 2. The van der Waals surface area contributed by atoms with Crippen LogP contribution < -0.4 is 50.8 Å². The number of nitrogens with one attached hydrogen (secondary N) is 4. The summed E-state index contributed by atoms with van der Waals surface area (Å²) in [4.78, 5) is 52.7. The zero-order valence-electron chi connectivity index (χ0n) is 72.0. The Kier molecular flexibility index (Phi) is 33.4. The van der Waals surface area contributed by atoms with E-state index < -0.39 is 104 Å². The Labute approximate surface area is 758 Å². The van der Waals surface area contributed by atoms with Gasteiger partial charge >= 0.3 is 29.6 Å². The van der Waals surface area contributed by atoms with Crippen LogP contribution in [0, 0.1) is 0 Å². The van der Waals surface area contributed by atoms with Gasteiger partial charge in [0.15, 0.2) is 116 Å². The average Bonchev–Trinajstić information content (AvgIpc) is 1.58. The Morgan fingerprint density at radius 2 is 0.760 bits per heavy atom. The fraction of sp³-hybridized carbons (Fsp3) is 0.730. The first-order valence-electron chi connectivity index (χ1n) is 40.2. The molecule has 11 aliphatic rings. The number of nitrogens with zero attached hydrogens (tertiary/aromatic N) is 16. The monoisotopic (exact) mass is 1860 g/mol. The molecule has 11 saturated heterocycles. The number of aliphatic hydroxyl groups is 4. The fourth-order valence-electron chi connectivity index (χ4n) is 15.6. The van der Waals surface area contributed by atoms with E-state index in [1.807, 2.05) is 50.7 Å². The Hall–Kier alpha value is -5.55. The van der Waals surface area contributed by atoms with Crippen LogP contribution >= 0.6 is 22.4 Å². The van der Waals surface area contributed by atoms with Gasteiger partial charge in [0.2, 0.25) is 9.05 Å². The van der Waals surface area contributed by atoms with Crippen molar-refractivity contribution in [3.05, 3.63) is 50.6 Å². The molecule has 11 fully saturated rings. The molecule has 0 spiro atoms. The van der Waals surface area contributed by atoms with Gasteiger partial charge in [-0.3, -0.25) is 22.5 Å². The van der Waals surface area contributed by atoms with Gasteiger partial charge in [-0.1, -0.05) is 0 Å². The third-order valence-electron chi connectivity index (χ3n) is 21.4. The van der Waals surface area contributed by atoms with E-state index in [9.17, 15) is 37.3 Å². The maximum absolute atomic E-state index is 11.5. The smallest absolute Gasteiger partial charge is 0.796 e. The number of hydrogen-bond donors (Lipinski definition) is 8. The van der Waals surface area contributed by atoms with E-state index in [2.05, 4.69) is 111 Å². The second-order valence-electron chi connectivity index (χ2n) is 32.2. The molecule has 125 heavy (non-hydrogen) atoms. The SMILES string of the molecule is CC1(C)O[C@@H]2[C@@H](CO)OC(n3cnc4c(N[C@@H]5CCOC5)ncnc43)[C@@H]2O1.CC1(C)O[C@@H]2[C@@H](COS(C)(=O)=O)OC(n3cnc4c(N[C@@H]5CCOC5)ncnc43)[C@@H]2O1.COC(C)(C)OC.CS(=O)(=O)Cl.CSC[C@H]1OC(n2cnc3c(N[C@@H]4CCOC4)ncnc32)[C@@H]2OC(C)(C)O[C@H]12.C[S-].OC[C@H]1OC(n2cnc3c(N[C@@H]4CCOC4)ncnc32)[C@H](O)[C@@H]1O.[Na+]. The largest absolute Gasteiger partial charge is 1.00 e. The minimum Gasteiger partial charge on any atom is -0.796 e. The summed E-state index contributed by atoms with van der Waals surface area (Å²) in [5.74, 6) is 0.814. The van der Waals surface area contributed by atoms with Crippen LogP contribution in [0.5, 0.6) is 0 Å². The summed E-state index contributed by atoms with van der Waals surface area (Å²) in [7, 11) is 0.910. The zero-order chi connectivity index (χ0) is 88.8. The zero-order valence-corrected chi connectivity index (χ0v) is 78.0. The van der Waals surface area contributed by atoms with Crippen LogP contribution in [0.1, 0.15) is 106 Å². The van der Waals surface area contributed by atoms with Crippen molar-refractivity contribution in [2.24, 2.45) is 0 Å². The number of aliphatic hydroxyl groups excluding tert-OH is 4. The number of halogens is 1. The standard InChI is InChI=1S/C18H25N5O7S.C18H25N5O4S.C17H23N5O5.C14H19N5O5.C5H12O2.CH3ClO2S.CH4S.Na/c1-18(2)29-13-11(7-27-31(3,24)25)28-17(14(13)30-18)23-9-21-12-15(19-8-20-16(12)23)22-10-4-5-26-6-10;1-18(2)26-13-11(7-28-3)25-17(14(13)27-18)23-9-21-12-15(19-8-20-16(12)23)22-10-4-5-24-6-10;1-17(2)26-12-10(5-23)25-16(13(12)27-17)22-8-20-11-14(18-7-19-15(11)22)21-9-3-4-24-6-9;20-3-8-10(21)11(22)14(24-8)19-6-17-9-12(15-5-16-13(9)19)18-7-1-2-23-4-7;1-5(2,6-3)7-4;1-5(2,3)4;1-2;/h8-11,13-14,17H,4-7H2,1-3H3,(H,19,20,22);8-11,13-14,17H,4-7H2,1-3H3,(H,19,20,22);7-10,12-13,16,23H,3-6H2,1-2H3,(H,18,19,21);5-8,10-11,14,20-22H,1-4H2,(H,15,16,18);1-4H3;1H3;2H,1H3;/q;;;;;;;+1/p-1/t2*10-,11-,13-,14-,17?;9-,10-,12-,13-,16?;7-,8-,10-,11-,14?;;;;/m1111..../s1. The third-order valence-corrected chi connectivity index (χ3v) is 22.7. The molecule has 8 aromatic rings. The molecule has 0 bridgehead atoms. The second-order valence-corrected chi connectivity index (χ2v) is 37.8. The van der Waals surface area contributed by atoms with Gasteiger partial charge in [-0.2, -0.15) is 26.4 Å². The number of anilines is 4. The number of ether oxygens (including phenoxy) is 16. The van der Waals surface area contributed by atoms with Gasteiger partial charge in [0.25, 0.3) is 10.1 Å². The van der Waals surface area contributed by atoms with Gasteiger partial charge in [-0.15, -0.1) is 0 Å². The molecule has 8 aromatic heterocycles. The van der Waals surface area contributed by atoms with Crippen LogP contribution in [-0.4, -0.2) is 354 Å². The predicted octanol–water partition coefficient (Wildman–Crippen LogP) is -0.329. The molecule has 45 nitrogen and oxygen atoms in total. The number of fused-ring (bicyclic) bond motifs is 7. The van der Waals surface area contributed by atoms with E-state index in [0.717, 1.165) is 74.1 Å². The van der Waals surface area contributed by atoms with E-state index >= 15 is 0 Å². The van der Waals surface area contributed by atoms with E-state index in [4.69, 9.17) is 80.0 Å². The van der Waals surface area contributed by atoms with Crippen molar-refractivity contribution in [3.63, 3.8) is 0 Å². The average molecular weight is 1870 g/mol. The quantitative estimate of drug-likeness (QED) is 0.0150. The van der Waals surface area contributed by atoms with E-state index in [-0.39, 0.29) is 110 Å². The van der Waals surface area contributed by atoms with Gasteiger partial charge in [-0.05, 0) is 87.3 Å². The van der Waals surface area contributed by atoms with Gasteiger partial charge in [0.05, 0.1) is 114 Å². The van der Waals surface area contributed by atoms with Crippen LogP contribution in [0.25, 0.3) is 44.7 Å². The molecule has 51 heteroatoms. The first-order valence-corrected chi connectivity index (χ1v) is 46.9. The number of hydrogen-bond acceptors (Lipinski definition) is 43. The van der Waals surface area contributed by atoms with Crippen molar-refractivity contribution in [1.29, 1.82) is 0 Å². The summed E-state index contributed by atoms with van der Waals surface area (Å²) in [6, 6.07) is 0.794. The van der Waals surface area contributed by atoms with Crippen LogP contribution in [0.3, 0.4) is 0 Å². The molecule has 20 atom stereocenters. The first kappa shape index (κ1) is 98.5. The molecule has 11 aliphatic heterocycles. The van der Waals surface area contributed by atoms with Crippen molar-refractivity contribution in [3.8, 4) is 0 Å². The van der Waals surface area contributed by atoms with E-state index in [1.54, 1.807) is 76.0 Å². The van der Waals surface area contributed by atoms with Crippen molar-refractivity contribution < 1.29 is 147 Å². The molecule has 0 aromatic carbocycles. The van der Waals surface area contributed by atoms with Gasteiger partial charge in [0, 0.05) is 57.1 Å². The molecular formula is C74H110ClN20NaO25S4. The van der Waals surface area contributed by atoms with Gasteiger partial charge < -0.3 is 130 Å². The molecule has 0 amide bonds. The van der Waals surface area contributed by atoms with Crippen LogP contribution in [0.2, 0.25) is 0 Å². The number of imidazole rings is 4. The van der Waals surface area contributed by atoms with Crippen molar-refractivity contribution in [2.45, 2.75) is 227 Å². The first-order chi connectivity index (χ1) is 59.1. The van der Waals surface area contributed by atoms with E-state index in [0.29, 0.717) is 90.6 Å². The molecule has 0 radical (unpaired) electrons. The number of thioether (sulfide) groups is 1. The third kappa shape index (κ3) is 23.9. The predicted molar refractivity (Wildman–Crippen MR) is 447 cm³/mol. The van der Waals surface area contributed by atoms with Crippen LogP contribution in [-0.2, 0) is 112 Å². The number of rotatable bonds is 21. The molecular weight excluding hydrogens is 1760 g/mol. The minimum atomic E-state index is -3.63. The minimum absolute atomic E-state index is 0. The number of aromatic nitrogens is 16. The Balaban J connectivity index is 0.000000144. The van der Waals surface area contributed by atoms with Crippen LogP contribution in [0.15, 0.2) is 50.6 Å². The van der Waals surface area contributed by atoms with Crippen molar-refractivity contribution in [1.82, 2.24) is 78.1 Å². The van der Waals surface area contributed by atoms with Crippen molar-refractivity contribution >= 4 is 122 Å². The molecule has 8 N–H and O–H groups in total. The van der Waals surface area contributed by atoms with Gasteiger partial charge in [0.1, 0.15) is 92.5 Å². The molecule has 19 heterocycles. The molecule has 688 valence electrons.